The van der Waals surface area contributed by atoms with Crippen LogP contribution in [0, 0.1) is 12.8 Å². The van der Waals surface area contributed by atoms with E-state index in [2.05, 4.69) is 51.1 Å². The van der Waals surface area contributed by atoms with E-state index in [1.807, 2.05) is 12.1 Å². The summed E-state index contributed by atoms with van der Waals surface area (Å²) in [5.74, 6) is 2.75. The molecule has 2 N–H and O–H groups in total. The zero-order chi connectivity index (χ0) is 26.1. The number of carbonyl (C=O) groups excluding carboxylic acids is 2. The van der Waals surface area contributed by atoms with E-state index in [4.69, 9.17) is 0 Å². The molecule has 3 aliphatic rings. The fourth-order valence-electron chi connectivity index (χ4n) is 6.88. The number of nitrogens with zero attached hydrogens (tertiary/aromatic N) is 4. The summed E-state index contributed by atoms with van der Waals surface area (Å²) >= 11 is 1.50. The van der Waals surface area contributed by atoms with Crippen LogP contribution in [0.25, 0.3) is 0 Å². The van der Waals surface area contributed by atoms with Gasteiger partial charge in [0, 0.05) is 48.4 Å². The first kappa shape index (κ1) is 26.4. The van der Waals surface area contributed by atoms with Gasteiger partial charge >= 0.3 is 0 Å². The fraction of sp³-hybridized carbons (Fsp3) is 0.714. The molecule has 0 aromatic carbocycles. The van der Waals surface area contributed by atoms with E-state index in [9.17, 15) is 9.59 Å². The van der Waals surface area contributed by atoms with Crippen molar-refractivity contribution in [1.82, 2.24) is 30.3 Å². The second kappa shape index (κ2) is 11.2. The Bertz CT molecular complexity index is 1090. The third-order valence-corrected chi connectivity index (χ3v) is 9.97. The minimum Gasteiger partial charge on any atom is -0.354 e. The molecule has 37 heavy (non-hydrogen) atoms. The van der Waals surface area contributed by atoms with Gasteiger partial charge in [-0.1, -0.05) is 26.7 Å². The lowest BCUT2D eigenvalue weighted by molar-refractivity contribution is -0.125. The first-order valence-electron chi connectivity index (χ1n) is 14.1. The Balaban J connectivity index is 1.28. The molecule has 3 fully saturated rings. The van der Waals surface area contributed by atoms with Crippen molar-refractivity contribution in [3.05, 3.63) is 33.5 Å². The molecular formula is C28H42N6O2S. The van der Waals surface area contributed by atoms with Crippen molar-refractivity contribution < 1.29 is 9.59 Å². The summed E-state index contributed by atoms with van der Waals surface area (Å²) in [7, 11) is 1.66. The highest BCUT2D eigenvalue weighted by Gasteiger charge is 2.42. The molecule has 1 aliphatic carbocycles. The van der Waals surface area contributed by atoms with Gasteiger partial charge in [0.25, 0.3) is 5.91 Å². The van der Waals surface area contributed by atoms with Crippen LogP contribution in [-0.2, 0) is 4.79 Å². The standard InChI is InChI=1S/C28H42N6O2S/c1-17(2)26-32-31-18(3)34(26)22-15-20-9-10-21(16-22)33(20)14-13-23(30-27(35)19-7-5-6-8-19)24-11-12-25(37-24)28(36)29-4/h11-12,17,19-23H,5-10,13-16H2,1-4H3,(H,29,36)(H,30,35)/t20?,21?,22?,23-/m0/s1. The minimum absolute atomic E-state index is 0.0544. The SMILES string of the molecule is CNC(=O)c1ccc([C@H](CCN2C3CCC2CC(n2c(C)nnc2C(C)C)C3)NC(=O)C2CCCC2)s1. The van der Waals surface area contributed by atoms with Crippen LogP contribution in [0.2, 0.25) is 0 Å². The smallest absolute Gasteiger partial charge is 0.261 e. The van der Waals surface area contributed by atoms with Crippen LogP contribution in [0.15, 0.2) is 12.1 Å². The molecule has 9 heteroatoms. The second-order valence-corrected chi connectivity index (χ2v) is 12.6. The number of aryl methyl sites for hydroxylation is 1. The number of thiophene rings is 1. The van der Waals surface area contributed by atoms with Gasteiger partial charge in [-0.3, -0.25) is 14.5 Å². The largest absolute Gasteiger partial charge is 0.354 e. The summed E-state index contributed by atoms with van der Waals surface area (Å²) in [5.41, 5.74) is 0. The second-order valence-electron chi connectivity index (χ2n) is 11.5. The lowest BCUT2D eigenvalue weighted by Crippen LogP contribution is -2.45. The molecule has 4 heterocycles. The summed E-state index contributed by atoms with van der Waals surface area (Å²) < 4.78 is 2.41. The van der Waals surface area contributed by atoms with Gasteiger partial charge in [0.2, 0.25) is 5.91 Å². The van der Waals surface area contributed by atoms with E-state index < -0.39 is 0 Å². The Morgan fingerprint density at radius 2 is 1.76 bits per heavy atom. The van der Waals surface area contributed by atoms with Crippen LogP contribution in [-0.4, -0.2) is 57.2 Å². The van der Waals surface area contributed by atoms with Gasteiger partial charge < -0.3 is 15.2 Å². The van der Waals surface area contributed by atoms with E-state index in [-0.39, 0.29) is 23.8 Å². The number of nitrogens with one attached hydrogen (secondary N) is 2. The molecule has 2 unspecified atom stereocenters. The van der Waals surface area contributed by atoms with Crippen molar-refractivity contribution in [2.24, 2.45) is 5.92 Å². The Morgan fingerprint density at radius 3 is 2.41 bits per heavy atom. The molecule has 8 nitrogen and oxygen atoms in total. The topological polar surface area (TPSA) is 92.2 Å². The van der Waals surface area contributed by atoms with Gasteiger partial charge in [-0.25, -0.2) is 0 Å². The van der Waals surface area contributed by atoms with Crippen molar-refractivity contribution in [1.29, 1.82) is 0 Å². The van der Waals surface area contributed by atoms with E-state index >= 15 is 0 Å². The quantitative estimate of drug-likeness (QED) is 0.493. The maximum atomic E-state index is 13.1. The third-order valence-electron chi connectivity index (χ3n) is 8.77. The maximum Gasteiger partial charge on any atom is 0.261 e. The minimum atomic E-state index is -0.0673. The summed E-state index contributed by atoms with van der Waals surface area (Å²) in [6, 6.07) is 5.44. The molecule has 2 aliphatic heterocycles. The normalized spacial score (nSPS) is 25.1. The summed E-state index contributed by atoms with van der Waals surface area (Å²) in [5, 5.41) is 15.0. The van der Waals surface area contributed by atoms with Crippen LogP contribution in [0.1, 0.15) is 116 Å². The maximum absolute atomic E-state index is 13.1. The predicted molar refractivity (Wildman–Crippen MR) is 146 cm³/mol. The van der Waals surface area contributed by atoms with Crippen molar-refractivity contribution in [2.45, 2.75) is 109 Å². The first-order valence-corrected chi connectivity index (χ1v) is 15.0. The van der Waals surface area contributed by atoms with Crippen LogP contribution in [0.4, 0.5) is 0 Å². The van der Waals surface area contributed by atoms with Crippen molar-refractivity contribution in [3.8, 4) is 0 Å². The van der Waals surface area contributed by atoms with Gasteiger partial charge in [0.05, 0.1) is 10.9 Å². The van der Waals surface area contributed by atoms with Gasteiger partial charge in [0.15, 0.2) is 0 Å². The molecule has 2 aromatic heterocycles. The Morgan fingerprint density at radius 1 is 1.05 bits per heavy atom. The molecular weight excluding hydrogens is 484 g/mol. The monoisotopic (exact) mass is 526 g/mol. The Kier molecular flexibility index (Phi) is 8.00. The number of piperidine rings is 1. The third kappa shape index (κ3) is 5.48. The molecule has 0 radical (unpaired) electrons. The zero-order valence-electron chi connectivity index (χ0n) is 22.7. The average molecular weight is 527 g/mol. The summed E-state index contributed by atoms with van der Waals surface area (Å²) in [6.07, 6.45) is 9.87. The molecule has 2 aromatic rings. The van der Waals surface area contributed by atoms with Crippen LogP contribution >= 0.6 is 11.3 Å². The van der Waals surface area contributed by atoms with Crippen LogP contribution in [0.3, 0.4) is 0 Å². The number of amides is 2. The summed E-state index contributed by atoms with van der Waals surface area (Å²) in [4.78, 5) is 29.8. The first-order chi connectivity index (χ1) is 17.9. The van der Waals surface area contributed by atoms with Gasteiger partial charge in [-0.15, -0.1) is 21.5 Å². The summed E-state index contributed by atoms with van der Waals surface area (Å²) in [6.45, 7) is 7.44. The lowest BCUT2D eigenvalue weighted by atomic mass is 9.95. The van der Waals surface area contributed by atoms with Crippen molar-refractivity contribution >= 4 is 23.2 Å². The molecule has 2 saturated heterocycles. The lowest BCUT2D eigenvalue weighted by Gasteiger charge is -2.40. The van der Waals surface area contributed by atoms with Crippen LogP contribution in [0.5, 0.6) is 0 Å². The predicted octanol–water partition coefficient (Wildman–Crippen LogP) is 4.74. The highest BCUT2D eigenvalue weighted by atomic mass is 32.1. The van der Waals surface area contributed by atoms with Crippen molar-refractivity contribution in [2.75, 3.05) is 13.6 Å². The number of hydrogen-bond acceptors (Lipinski definition) is 6. The molecule has 5 rings (SSSR count). The number of rotatable bonds is 9. The fourth-order valence-corrected chi connectivity index (χ4v) is 7.92. The molecule has 2 bridgehead atoms. The highest BCUT2D eigenvalue weighted by Crippen LogP contribution is 2.42. The van der Waals surface area contributed by atoms with Gasteiger partial charge in [-0.05, 0) is 64.0 Å². The highest BCUT2D eigenvalue weighted by molar-refractivity contribution is 7.14. The number of carbonyl (C=O) groups is 2. The zero-order valence-corrected chi connectivity index (χ0v) is 23.5. The molecule has 3 atom stereocenters. The Hall–Kier alpha value is -2.26. The van der Waals surface area contributed by atoms with Crippen LogP contribution < -0.4 is 10.6 Å². The number of aromatic nitrogens is 3. The van der Waals surface area contributed by atoms with Gasteiger partial charge in [0.1, 0.15) is 11.6 Å². The van der Waals surface area contributed by atoms with E-state index in [0.29, 0.717) is 28.9 Å². The number of hydrogen-bond donors (Lipinski definition) is 2. The van der Waals surface area contributed by atoms with Gasteiger partial charge in [-0.2, -0.15) is 0 Å². The molecule has 0 spiro atoms. The average Bonchev–Trinajstić information content (AvgIpc) is 3.68. The Labute approximate surface area is 224 Å². The number of fused-ring (bicyclic) bond motifs is 2. The molecule has 1 saturated carbocycles. The van der Waals surface area contributed by atoms with E-state index in [0.717, 1.165) is 68.0 Å². The van der Waals surface area contributed by atoms with E-state index in [1.165, 1.54) is 24.2 Å². The molecule has 2 amide bonds. The van der Waals surface area contributed by atoms with E-state index in [1.54, 1.807) is 7.05 Å². The van der Waals surface area contributed by atoms with Crippen molar-refractivity contribution in [3.63, 3.8) is 0 Å². The molecule has 202 valence electrons.